The first-order chi connectivity index (χ1) is 8.40. The van der Waals surface area contributed by atoms with Gasteiger partial charge in [-0.3, -0.25) is 9.59 Å². The number of anilines is 1. The molecule has 1 aliphatic heterocycles. The fraction of sp³-hybridized carbons (Fsp3) is 0.273. The minimum absolute atomic E-state index is 0.165. The number of Topliss-reactive ketones (excluding diaryl/α,β-unsaturated/α-hetero) is 1. The molecule has 1 aliphatic rings. The van der Waals surface area contributed by atoms with Crippen LogP contribution in [0.2, 0.25) is 0 Å². The van der Waals surface area contributed by atoms with Crippen molar-refractivity contribution in [3.63, 3.8) is 0 Å². The van der Waals surface area contributed by atoms with Crippen LogP contribution in [0.15, 0.2) is 18.2 Å². The lowest BCUT2D eigenvalue weighted by atomic mass is 9.97. The summed E-state index contributed by atoms with van der Waals surface area (Å²) in [5.41, 5.74) is 0.874. The van der Waals surface area contributed by atoms with Gasteiger partial charge < -0.3 is 10.1 Å². The number of fused-ring (bicyclic) bond motifs is 1. The minimum Gasteiger partial charge on any atom is -0.406 e. The van der Waals surface area contributed by atoms with Crippen molar-refractivity contribution < 1.29 is 27.5 Å². The Kier molecular flexibility index (Phi) is 2.98. The summed E-state index contributed by atoms with van der Waals surface area (Å²) in [6, 6.07) is 3.65. The third-order valence-electron chi connectivity index (χ3n) is 2.59. The number of halogens is 3. The Hall–Kier alpha value is -2.05. The molecule has 18 heavy (non-hydrogen) atoms. The van der Waals surface area contributed by atoms with Crippen molar-refractivity contribution in [3.05, 3.63) is 23.8 Å². The highest BCUT2D eigenvalue weighted by atomic mass is 19.4. The highest BCUT2D eigenvalue weighted by molar-refractivity contribution is 6.28. The van der Waals surface area contributed by atoms with Gasteiger partial charge in [0, 0.05) is 12.2 Å². The lowest BCUT2D eigenvalue weighted by Crippen LogP contribution is -2.18. The number of ether oxygens (including phenoxy) is 1. The zero-order valence-electron chi connectivity index (χ0n) is 8.95. The Morgan fingerprint density at radius 2 is 2.17 bits per heavy atom. The third kappa shape index (κ3) is 2.44. The largest absolute Gasteiger partial charge is 0.573 e. The zero-order valence-corrected chi connectivity index (χ0v) is 8.95. The van der Waals surface area contributed by atoms with E-state index in [4.69, 9.17) is 0 Å². The molecule has 4 nitrogen and oxygen atoms in total. The summed E-state index contributed by atoms with van der Waals surface area (Å²) in [6.07, 6.45) is -4.62. The number of carbonyl (C=O) groups excluding carboxylic acids is 2. The summed E-state index contributed by atoms with van der Waals surface area (Å²) in [5.74, 6) is -1.84. The summed E-state index contributed by atoms with van der Waals surface area (Å²) in [7, 11) is 0. The summed E-state index contributed by atoms with van der Waals surface area (Å²) < 4.78 is 39.9. The maximum absolute atomic E-state index is 12.1. The smallest absolute Gasteiger partial charge is 0.406 e. The molecule has 1 atom stereocenters. The van der Waals surface area contributed by atoms with Crippen LogP contribution in [0.4, 0.5) is 18.9 Å². The number of alkyl halides is 3. The molecule has 1 heterocycles. The Bertz CT molecular complexity index is 499. The number of rotatable bonds is 3. The molecule has 0 aliphatic carbocycles. The fourth-order valence-electron chi connectivity index (χ4n) is 1.85. The number of carbonyl (C=O) groups is 2. The predicted octanol–water partition coefficient (Wildman–Crippen LogP) is 1.86. The van der Waals surface area contributed by atoms with E-state index in [1.807, 2.05) is 0 Å². The van der Waals surface area contributed by atoms with Crippen LogP contribution < -0.4 is 10.1 Å². The van der Waals surface area contributed by atoms with Crippen LogP contribution in [0.25, 0.3) is 0 Å². The molecule has 1 unspecified atom stereocenters. The first-order valence-corrected chi connectivity index (χ1v) is 5.03. The molecule has 0 saturated carbocycles. The van der Waals surface area contributed by atoms with Gasteiger partial charge in [0.2, 0.25) is 5.78 Å². The standard InChI is InChI=1S/C11H8F3NO3/c12-11(13,14)18-6-1-2-9-7(3-6)8(4-15-9)10(17)5-16/h1-3,5,8,15H,4H2. The van der Waals surface area contributed by atoms with Gasteiger partial charge in [0.25, 0.3) is 0 Å². The second kappa shape index (κ2) is 4.32. The minimum atomic E-state index is -4.79. The van der Waals surface area contributed by atoms with Gasteiger partial charge in [0.05, 0.1) is 5.92 Å². The second-order valence-electron chi connectivity index (χ2n) is 3.75. The molecule has 0 fully saturated rings. The van der Waals surface area contributed by atoms with Gasteiger partial charge in [0.15, 0.2) is 6.29 Å². The second-order valence-corrected chi connectivity index (χ2v) is 3.75. The monoisotopic (exact) mass is 259 g/mol. The molecular weight excluding hydrogens is 251 g/mol. The third-order valence-corrected chi connectivity index (χ3v) is 2.59. The molecule has 0 saturated heterocycles. The van der Waals surface area contributed by atoms with E-state index in [2.05, 4.69) is 10.1 Å². The number of hydrogen-bond donors (Lipinski definition) is 1. The van der Waals surface area contributed by atoms with E-state index in [0.29, 0.717) is 11.3 Å². The molecule has 0 amide bonds. The Labute approximate surface area is 99.7 Å². The van der Waals surface area contributed by atoms with Crippen LogP contribution in [0, 0.1) is 0 Å². The molecule has 1 aromatic rings. The van der Waals surface area contributed by atoms with Crippen LogP contribution in [0.5, 0.6) is 5.75 Å². The normalized spacial score (nSPS) is 17.8. The maximum atomic E-state index is 12.1. The molecule has 0 radical (unpaired) electrons. The molecule has 96 valence electrons. The van der Waals surface area contributed by atoms with Crippen molar-refractivity contribution >= 4 is 17.8 Å². The van der Waals surface area contributed by atoms with E-state index in [0.717, 1.165) is 12.1 Å². The summed E-state index contributed by atoms with van der Waals surface area (Å²) in [4.78, 5) is 21.7. The Morgan fingerprint density at radius 1 is 1.44 bits per heavy atom. The first-order valence-electron chi connectivity index (χ1n) is 5.03. The van der Waals surface area contributed by atoms with E-state index in [-0.39, 0.29) is 12.8 Å². The van der Waals surface area contributed by atoms with Crippen molar-refractivity contribution in [1.29, 1.82) is 0 Å². The lowest BCUT2D eigenvalue weighted by molar-refractivity contribution is -0.274. The highest BCUT2D eigenvalue weighted by Crippen LogP contribution is 2.35. The van der Waals surface area contributed by atoms with E-state index < -0.39 is 23.8 Å². The number of nitrogens with one attached hydrogen (secondary N) is 1. The highest BCUT2D eigenvalue weighted by Gasteiger charge is 2.33. The van der Waals surface area contributed by atoms with Crippen LogP contribution >= 0.6 is 0 Å². The SMILES string of the molecule is O=CC(=O)C1CNc2ccc(OC(F)(F)F)cc21. The van der Waals surface area contributed by atoms with Crippen molar-refractivity contribution in [2.75, 3.05) is 11.9 Å². The van der Waals surface area contributed by atoms with Crippen LogP contribution in [-0.2, 0) is 9.59 Å². The molecule has 1 N–H and O–H groups in total. The van der Waals surface area contributed by atoms with Gasteiger partial charge in [-0.15, -0.1) is 13.2 Å². The van der Waals surface area contributed by atoms with Gasteiger partial charge in [0.1, 0.15) is 5.75 Å². The number of hydrogen-bond acceptors (Lipinski definition) is 4. The van der Waals surface area contributed by atoms with E-state index in [1.54, 1.807) is 0 Å². The fourth-order valence-corrected chi connectivity index (χ4v) is 1.85. The Morgan fingerprint density at radius 3 is 2.78 bits per heavy atom. The topological polar surface area (TPSA) is 55.4 Å². The van der Waals surface area contributed by atoms with Gasteiger partial charge >= 0.3 is 6.36 Å². The van der Waals surface area contributed by atoms with Crippen molar-refractivity contribution in [2.45, 2.75) is 12.3 Å². The zero-order chi connectivity index (χ0) is 13.3. The maximum Gasteiger partial charge on any atom is 0.573 e. The molecule has 0 bridgehead atoms. The summed E-state index contributed by atoms with van der Waals surface area (Å²) >= 11 is 0. The van der Waals surface area contributed by atoms with E-state index in [9.17, 15) is 22.8 Å². The van der Waals surface area contributed by atoms with E-state index >= 15 is 0 Å². The molecule has 1 aromatic carbocycles. The van der Waals surface area contributed by atoms with Crippen molar-refractivity contribution in [1.82, 2.24) is 0 Å². The van der Waals surface area contributed by atoms with Gasteiger partial charge in [-0.2, -0.15) is 0 Å². The average Bonchev–Trinajstić information content (AvgIpc) is 2.69. The average molecular weight is 259 g/mol. The number of ketones is 1. The first kappa shape index (κ1) is 12.4. The quantitative estimate of drug-likeness (QED) is 0.665. The molecule has 0 aromatic heterocycles. The summed E-state index contributed by atoms with van der Waals surface area (Å²) in [6.45, 7) is 0.197. The number of aldehydes is 1. The van der Waals surface area contributed by atoms with Crippen LogP contribution in [0.1, 0.15) is 11.5 Å². The van der Waals surface area contributed by atoms with Crippen LogP contribution in [-0.4, -0.2) is 25.0 Å². The van der Waals surface area contributed by atoms with Gasteiger partial charge in [-0.1, -0.05) is 0 Å². The number of benzene rings is 1. The molecule has 7 heteroatoms. The van der Waals surface area contributed by atoms with Gasteiger partial charge in [-0.05, 0) is 23.8 Å². The molecule has 0 spiro atoms. The van der Waals surface area contributed by atoms with Crippen molar-refractivity contribution in [2.24, 2.45) is 0 Å². The van der Waals surface area contributed by atoms with Gasteiger partial charge in [-0.25, -0.2) is 0 Å². The lowest BCUT2D eigenvalue weighted by Gasteiger charge is -2.11. The molecule has 2 rings (SSSR count). The summed E-state index contributed by atoms with van der Waals surface area (Å²) in [5, 5.41) is 2.84. The van der Waals surface area contributed by atoms with Crippen molar-refractivity contribution in [3.8, 4) is 5.75 Å². The van der Waals surface area contributed by atoms with Crippen LogP contribution in [0.3, 0.4) is 0 Å². The predicted molar refractivity (Wildman–Crippen MR) is 55.4 cm³/mol. The Balaban J connectivity index is 2.30. The molecular formula is C11H8F3NO3. The van der Waals surface area contributed by atoms with E-state index in [1.165, 1.54) is 6.07 Å².